The highest BCUT2D eigenvalue weighted by atomic mass is 19.1. The molecule has 0 aliphatic heterocycles. The number of halogens is 1. The van der Waals surface area contributed by atoms with Crippen molar-refractivity contribution in [3.8, 4) is 0 Å². The van der Waals surface area contributed by atoms with Gasteiger partial charge in [-0.25, -0.2) is 9.37 Å². The summed E-state index contributed by atoms with van der Waals surface area (Å²) in [5, 5.41) is 13.8. The zero-order valence-electron chi connectivity index (χ0n) is 11.1. The van der Waals surface area contributed by atoms with Crippen molar-refractivity contribution in [3.63, 3.8) is 0 Å². The Kier molecular flexibility index (Phi) is 3.97. The minimum Gasteiger partial charge on any atom is -0.444 e. The first-order valence-electron chi connectivity index (χ1n) is 6.13. The zero-order valence-corrected chi connectivity index (χ0v) is 11.1. The van der Waals surface area contributed by atoms with Gasteiger partial charge in [-0.1, -0.05) is 6.92 Å². The highest BCUT2D eigenvalue weighted by Crippen LogP contribution is 2.27. The quantitative estimate of drug-likeness (QED) is 0.671. The molecule has 0 saturated heterocycles. The lowest BCUT2D eigenvalue weighted by atomic mass is 10.2. The molecule has 1 aromatic heterocycles. The maximum absolute atomic E-state index is 13.4. The number of nitro benzene ring substituents is 1. The Hall–Kier alpha value is -2.44. The highest BCUT2D eigenvalue weighted by Gasteiger charge is 2.17. The maximum atomic E-state index is 13.4. The van der Waals surface area contributed by atoms with Gasteiger partial charge < -0.3 is 9.73 Å². The molecule has 0 aliphatic rings. The van der Waals surface area contributed by atoms with Crippen molar-refractivity contribution in [2.45, 2.75) is 26.8 Å². The van der Waals surface area contributed by atoms with Gasteiger partial charge in [0.15, 0.2) is 0 Å². The molecule has 0 atom stereocenters. The number of oxazole rings is 1. The van der Waals surface area contributed by atoms with Gasteiger partial charge in [0.05, 0.1) is 23.7 Å². The number of nitrogens with zero attached hydrogens (tertiary/aromatic N) is 2. The van der Waals surface area contributed by atoms with Crippen molar-refractivity contribution >= 4 is 11.4 Å². The molecule has 7 heteroatoms. The predicted molar refractivity (Wildman–Crippen MR) is 71.0 cm³/mol. The van der Waals surface area contributed by atoms with Gasteiger partial charge in [-0.15, -0.1) is 0 Å². The number of aromatic nitrogens is 1. The third kappa shape index (κ3) is 2.93. The average Bonchev–Trinajstić information content (AvgIpc) is 2.87. The maximum Gasteiger partial charge on any atom is 0.295 e. The van der Waals surface area contributed by atoms with Gasteiger partial charge >= 0.3 is 0 Å². The van der Waals surface area contributed by atoms with Crippen LogP contribution in [0.1, 0.15) is 24.1 Å². The molecule has 0 bridgehead atoms. The van der Waals surface area contributed by atoms with Crippen LogP contribution in [-0.2, 0) is 13.0 Å². The van der Waals surface area contributed by atoms with Crippen LogP contribution in [0.5, 0.6) is 0 Å². The van der Waals surface area contributed by atoms with Crippen LogP contribution < -0.4 is 5.32 Å². The van der Waals surface area contributed by atoms with E-state index in [4.69, 9.17) is 4.42 Å². The van der Waals surface area contributed by atoms with Gasteiger partial charge in [0.2, 0.25) is 5.89 Å². The van der Waals surface area contributed by atoms with E-state index in [0.717, 1.165) is 18.2 Å². The van der Waals surface area contributed by atoms with Crippen LogP contribution in [0.2, 0.25) is 0 Å². The number of aryl methyl sites for hydroxylation is 2. The molecule has 0 unspecified atom stereocenters. The van der Waals surface area contributed by atoms with Crippen LogP contribution >= 0.6 is 0 Å². The van der Waals surface area contributed by atoms with Crippen molar-refractivity contribution < 1.29 is 13.7 Å². The van der Waals surface area contributed by atoms with Crippen molar-refractivity contribution in [1.82, 2.24) is 4.98 Å². The molecule has 1 aromatic carbocycles. The molecule has 2 rings (SSSR count). The molecule has 0 fully saturated rings. The molecular formula is C13H14FN3O3. The Morgan fingerprint density at radius 2 is 2.25 bits per heavy atom. The first kappa shape index (κ1) is 14.0. The molecule has 1 heterocycles. The molecule has 0 spiro atoms. The number of rotatable bonds is 5. The SMILES string of the molecule is CCc1cnc(CNc2cc(C)c(F)cc2[N+](=O)[O-])o1. The highest BCUT2D eigenvalue weighted by molar-refractivity contribution is 5.62. The summed E-state index contributed by atoms with van der Waals surface area (Å²) in [5.74, 6) is 0.566. The van der Waals surface area contributed by atoms with Crippen LogP contribution in [0.15, 0.2) is 22.7 Å². The van der Waals surface area contributed by atoms with Crippen molar-refractivity contribution in [2.24, 2.45) is 0 Å². The van der Waals surface area contributed by atoms with E-state index in [1.165, 1.54) is 6.07 Å². The van der Waals surface area contributed by atoms with Crippen LogP contribution in [0.3, 0.4) is 0 Å². The molecule has 0 radical (unpaired) electrons. The smallest absolute Gasteiger partial charge is 0.295 e. The minimum absolute atomic E-state index is 0.200. The normalized spacial score (nSPS) is 10.6. The van der Waals surface area contributed by atoms with E-state index in [1.54, 1.807) is 13.1 Å². The van der Waals surface area contributed by atoms with Crippen molar-refractivity contribution in [2.75, 3.05) is 5.32 Å². The average molecular weight is 279 g/mol. The fourth-order valence-electron chi connectivity index (χ4n) is 1.73. The van der Waals surface area contributed by atoms with Gasteiger partial charge in [0.1, 0.15) is 17.3 Å². The Morgan fingerprint density at radius 3 is 2.85 bits per heavy atom. The number of anilines is 1. The lowest BCUT2D eigenvalue weighted by Crippen LogP contribution is -2.04. The van der Waals surface area contributed by atoms with E-state index in [9.17, 15) is 14.5 Å². The standard InChI is InChI=1S/C13H14FN3O3/c1-3-9-6-16-13(20-9)7-15-11-4-8(2)10(14)5-12(11)17(18)19/h4-6,15H,3,7H2,1-2H3. The lowest BCUT2D eigenvalue weighted by Gasteiger charge is -2.07. The van der Waals surface area contributed by atoms with Gasteiger partial charge in [-0.3, -0.25) is 10.1 Å². The van der Waals surface area contributed by atoms with E-state index in [1.807, 2.05) is 6.92 Å². The van der Waals surface area contributed by atoms with Crippen LogP contribution in [0.25, 0.3) is 0 Å². The Balaban J connectivity index is 2.20. The second-order valence-corrected chi connectivity index (χ2v) is 4.30. The lowest BCUT2D eigenvalue weighted by molar-refractivity contribution is -0.384. The first-order chi connectivity index (χ1) is 9.51. The second-order valence-electron chi connectivity index (χ2n) is 4.30. The summed E-state index contributed by atoms with van der Waals surface area (Å²) in [5.41, 5.74) is 0.264. The van der Waals surface area contributed by atoms with Crippen molar-refractivity contribution in [1.29, 1.82) is 0 Å². The topological polar surface area (TPSA) is 81.2 Å². The number of benzene rings is 1. The fourth-order valence-corrected chi connectivity index (χ4v) is 1.73. The number of hydrogen-bond donors (Lipinski definition) is 1. The molecule has 106 valence electrons. The second kappa shape index (κ2) is 5.68. The Labute approximate surface area is 114 Å². The minimum atomic E-state index is -0.627. The summed E-state index contributed by atoms with van der Waals surface area (Å²) < 4.78 is 18.8. The summed E-state index contributed by atoms with van der Waals surface area (Å²) in [4.78, 5) is 14.3. The monoisotopic (exact) mass is 279 g/mol. The van der Waals surface area contributed by atoms with Crippen LogP contribution in [-0.4, -0.2) is 9.91 Å². The largest absolute Gasteiger partial charge is 0.444 e. The van der Waals surface area contributed by atoms with Crippen LogP contribution in [0, 0.1) is 22.9 Å². The number of hydrogen-bond acceptors (Lipinski definition) is 5. The Morgan fingerprint density at radius 1 is 1.50 bits per heavy atom. The summed E-state index contributed by atoms with van der Waals surface area (Å²) in [7, 11) is 0. The van der Waals surface area contributed by atoms with Crippen molar-refractivity contribution in [3.05, 3.63) is 51.5 Å². The molecule has 0 aliphatic carbocycles. The zero-order chi connectivity index (χ0) is 14.7. The summed E-state index contributed by atoms with van der Waals surface area (Å²) in [6, 6.07) is 2.31. The molecule has 2 aromatic rings. The molecule has 0 saturated carbocycles. The molecule has 1 N–H and O–H groups in total. The molecule has 20 heavy (non-hydrogen) atoms. The van der Waals surface area contributed by atoms with E-state index in [-0.39, 0.29) is 17.9 Å². The van der Waals surface area contributed by atoms with Crippen LogP contribution in [0.4, 0.5) is 15.8 Å². The van der Waals surface area contributed by atoms with E-state index in [0.29, 0.717) is 11.5 Å². The summed E-state index contributed by atoms with van der Waals surface area (Å²) in [6.45, 7) is 3.68. The van der Waals surface area contributed by atoms with Gasteiger partial charge in [0.25, 0.3) is 5.69 Å². The molecular weight excluding hydrogens is 265 g/mol. The number of nitrogens with one attached hydrogen (secondary N) is 1. The molecule has 6 nitrogen and oxygen atoms in total. The molecule has 0 amide bonds. The first-order valence-corrected chi connectivity index (χ1v) is 6.13. The summed E-state index contributed by atoms with van der Waals surface area (Å²) >= 11 is 0. The van der Waals surface area contributed by atoms with Gasteiger partial charge in [0, 0.05) is 6.42 Å². The van der Waals surface area contributed by atoms with Gasteiger partial charge in [-0.05, 0) is 18.6 Å². The Bertz CT molecular complexity index is 640. The fraction of sp³-hybridized carbons (Fsp3) is 0.308. The summed E-state index contributed by atoms with van der Waals surface area (Å²) in [6.07, 6.45) is 2.34. The number of nitro groups is 1. The predicted octanol–water partition coefficient (Wildman–Crippen LogP) is 3.20. The van der Waals surface area contributed by atoms with E-state index >= 15 is 0 Å². The third-order valence-electron chi connectivity index (χ3n) is 2.85. The third-order valence-corrected chi connectivity index (χ3v) is 2.85. The van der Waals surface area contributed by atoms with E-state index < -0.39 is 10.7 Å². The van der Waals surface area contributed by atoms with Gasteiger partial charge in [-0.2, -0.15) is 0 Å². The van der Waals surface area contributed by atoms with E-state index in [2.05, 4.69) is 10.3 Å².